The zero-order valence-electron chi connectivity index (χ0n) is 8.74. The van der Waals surface area contributed by atoms with E-state index in [9.17, 15) is 4.79 Å². The number of nitrogens with one attached hydrogen (secondary N) is 1. The summed E-state index contributed by atoms with van der Waals surface area (Å²) in [5.74, 6) is -0.269. The van der Waals surface area contributed by atoms with Crippen LogP contribution in [0.5, 0.6) is 0 Å². The SMILES string of the molecule is COCC(Cl)CNC(=O)c1ccncc1Cl. The number of carbonyl (C=O) groups excluding carboxylic acids is 1. The predicted molar refractivity (Wildman–Crippen MR) is 63.1 cm³/mol. The number of hydrogen-bond donors (Lipinski definition) is 1. The Balaban J connectivity index is 2.50. The molecule has 1 heterocycles. The van der Waals surface area contributed by atoms with Crippen LogP contribution in [0, 0.1) is 0 Å². The average Bonchev–Trinajstić information content (AvgIpc) is 2.27. The molecular formula is C10H12Cl2N2O2. The molecule has 1 amide bonds. The molecule has 6 heteroatoms. The quantitative estimate of drug-likeness (QED) is 0.823. The summed E-state index contributed by atoms with van der Waals surface area (Å²) >= 11 is 11.7. The molecule has 4 nitrogen and oxygen atoms in total. The minimum Gasteiger partial charge on any atom is -0.383 e. The van der Waals surface area contributed by atoms with Crippen LogP contribution in [0.25, 0.3) is 0 Å². The highest BCUT2D eigenvalue weighted by atomic mass is 35.5. The second kappa shape index (κ2) is 6.68. The number of nitrogens with zero attached hydrogens (tertiary/aromatic N) is 1. The number of amides is 1. The van der Waals surface area contributed by atoms with E-state index in [0.29, 0.717) is 23.7 Å². The molecule has 0 aromatic carbocycles. The van der Waals surface area contributed by atoms with Gasteiger partial charge in [-0.15, -0.1) is 11.6 Å². The molecule has 1 N–H and O–H groups in total. The second-order valence-corrected chi connectivity index (χ2v) is 4.14. The fourth-order valence-electron chi connectivity index (χ4n) is 1.10. The molecule has 16 heavy (non-hydrogen) atoms. The standard InChI is InChI=1S/C10H12Cl2N2O2/c1-16-6-7(11)4-14-10(15)8-2-3-13-5-9(8)12/h2-3,5,7H,4,6H2,1H3,(H,14,15). The van der Waals surface area contributed by atoms with Crippen molar-refractivity contribution in [3.05, 3.63) is 29.0 Å². The Hall–Kier alpha value is -0.840. The lowest BCUT2D eigenvalue weighted by molar-refractivity contribution is 0.0949. The maximum absolute atomic E-state index is 11.7. The third kappa shape index (κ3) is 3.96. The first-order chi connectivity index (χ1) is 7.65. The molecule has 0 bridgehead atoms. The molecule has 1 aromatic heterocycles. The number of rotatable bonds is 5. The first-order valence-electron chi connectivity index (χ1n) is 4.66. The van der Waals surface area contributed by atoms with Crippen molar-refractivity contribution >= 4 is 29.1 Å². The number of pyridine rings is 1. The number of halogens is 2. The van der Waals surface area contributed by atoms with E-state index >= 15 is 0 Å². The number of carbonyl (C=O) groups is 1. The summed E-state index contributed by atoms with van der Waals surface area (Å²) in [6, 6.07) is 1.55. The van der Waals surface area contributed by atoms with Gasteiger partial charge in [0.25, 0.3) is 5.91 Å². The lowest BCUT2D eigenvalue weighted by Gasteiger charge is -2.10. The molecule has 0 fully saturated rings. The fraction of sp³-hybridized carbons (Fsp3) is 0.400. The van der Waals surface area contributed by atoms with Crippen LogP contribution in [0.3, 0.4) is 0 Å². The summed E-state index contributed by atoms with van der Waals surface area (Å²) in [6.45, 7) is 0.707. The minimum atomic E-state index is -0.269. The molecule has 0 aliphatic carbocycles. The summed E-state index contributed by atoms with van der Waals surface area (Å²) in [5.41, 5.74) is 0.387. The van der Waals surface area contributed by atoms with Gasteiger partial charge in [0.05, 0.1) is 22.6 Å². The lowest BCUT2D eigenvalue weighted by Crippen LogP contribution is -2.31. The Bertz CT molecular complexity index is 360. The van der Waals surface area contributed by atoms with Gasteiger partial charge in [-0.1, -0.05) is 11.6 Å². The first kappa shape index (κ1) is 13.2. The van der Waals surface area contributed by atoms with Crippen LogP contribution < -0.4 is 5.32 Å². The normalized spacial score (nSPS) is 12.2. The Kier molecular flexibility index (Phi) is 5.52. The zero-order valence-corrected chi connectivity index (χ0v) is 10.3. The van der Waals surface area contributed by atoms with Gasteiger partial charge in [0.15, 0.2) is 0 Å². The van der Waals surface area contributed by atoms with Crippen molar-refractivity contribution < 1.29 is 9.53 Å². The van der Waals surface area contributed by atoms with Crippen LogP contribution in [-0.2, 0) is 4.74 Å². The van der Waals surface area contributed by atoms with E-state index < -0.39 is 0 Å². The van der Waals surface area contributed by atoms with Gasteiger partial charge in [-0.05, 0) is 6.07 Å². The summed E-state index contributed by atoms with van der Waals surface area (Å²) in [6.07, 6.45) is 2.93. The van der Waals surface area contributed by atoms with Crippen LogP contribution >= 0.6 is 23.2 Å². The van der Waals surface area contributed by atoms with E-state index in [4.69, 9.17) is 27.9 Å². The molecular weight excluding hydrogens is 251 g/mol. The molecule has 0 radical (unpaired) electrons. The number of hydrogen-bond acceptors (Lipinski definition) is 3. The fourth-order valence-corrected chi connectivity index (χ4v) is 1.51. The summed E-state index contributed by atoms with van der Waals surface area (Å²) in [4.78, 5) is 15.4. The van der Waals surface area contributed by atoms with Crippen LogP contribution in [0.4, 0.5) is 0 Å². The van der Waals surface area contributed by atoms with Gasteiger partial charge in [-0.2, -0.15) is 0 Å². The van der Waals surface area contributed by atoms with Gasteiger partial charge in [0.2, 0.25) is 0 Å². The van der Waals surface area contributed by atoms with Crippen LogP contribution in [0.15, 0.2) is 18.5 Å². The molecule has 88 valence electrons. The molecule has 0 spiro atoms. The van der Waals surface area contributed by atoms with Gasteiger partial charge in [-0.3, -0.25) is 9.78 Å². The summed E-state index contributed by atoms with van der Waals surface area (Å²) in [7, 11) is 1.55. The van der Waals surface area contributed by atoms with E-state index in [2.05, 4.69) is 10.3 Å². The Labute approximate surface area is 104 Å². The molecule has 1 aromatic rings. The number of aromatic nitrogens is 1. The van der Waals surface area contributed by atoms with Crippen LogP contribution in [0.1, 0.15) is 10.4 Å². The van der Waals surface area contributed by atoms with Crippen LogP contribution in [0.2, 0.25) is 5.02 Å². The van der Waals surface area contributed by atoms with Gasteiger partial charge < -0.3 is 10.1 Å². The third-order valence-corrected chi connectivity index (χ3v) is 2.43. The highest BCUT2D eigenvalue weighted by Crippen LogP contribution is 2.12. The minimum absolute atomic E-state index is 0.255. The maximum atomic E-state index is 11.7. The van der Waals surface area contributed by atoms with Gasteiger partial charge >= 0.3 is 0 Å². The molecule has 1 unspecified atom stereocenters. The van der Waals surface area contributed by atoms with Gasteiger partial charge in [0.1, 0.15) is 0 Å². The number of ether oxygens (including phenoxy) is 1. The topological polar surface area (TPSA) is 51.2 Å². The van der Waals surface area contributed by atoms with Crippen molar-refractivity contribution in [2.45, 2.75) is 5.38 Å². The number of methoxy groups -OCH3 is 1. The number of alkyl halides is 1. The van der Waals surface area contributed by atoms with Gasteiger partial charge in [-0.25, -0.2) is 0 Å². The van der Waals surface area contributed by atoms with Crippen molar-refractivity contribution in [3.8, 4) is 0 Å². The highest BCUT2D eigenvalue weighted by molar-refractivity contribution is 6.33. The lowest BCUT2D eigenvalue weighted by atomic mass is 10.2. The largest absolute Gasteiger partial charge is 0.383 e. The predicted octanol–water partition coefficient (Wildman–Crippen LogP) is 1.72. The molecule has 0 aliphatic rings. The molecule has 0 saturated carbocycles. The van der Waals surface area contributed by atoms with E-state index in [0.717, 1.165) is 0 Å². The van der Waals surface area contributed by atoms with Gasteiger partial charge in [0, 0.05) is 26.0 Å². The highest BCUT2D eigenvalue weighted by Gasteiger charge is 2.11. The van der Waals surface area contributed by atoms with E-state index in [-0.39, 0.29) is 11.3 Å². The maximum Gasteiger partial charge on any atom is 0.252 e. The van der Waals surface area contributed by atoms with Crippen molar-refractivity contribution in [2.24, 2.45) is 0 Å². The Morgan fingerprint density at radius 3 is 3.06 bits per heavy atom. The molecule has 0 saturated heterocycles. The van der Waals surface area contributed by atoms with Crippen molar-refractivity contribution in [1.29, 1.82) is 0 Å². The van der Waals surface area contributed by atoms with Crippen molar-refractivity contribution in [1.82, 2.24) is 10.3 Å². The first-order valence-corrected chi connectivity index (χ1v) is 5.47. The second-order valence-electron chi connectivity index (χ2n) is 3.12. The van der Waals surface area contributed by atoms with Crippen molar-refractivity contribution in [2.75, 3.05) is 20.3 Å². The van der Waals surface area contributed by atoms with E-state index in [1.54, 1.807) is 13.2 Å². The Morgan fingerprint density at radius 1 is 1.69 bits per heavy atom. The average molecular weight is 263 g/mol. The Morgan fingerprint density at radius 2 is 2.44 bits per heavy atom. The summed E-state index contributed by atoms with van der Waals surface area (Å²) < 4.78 is 4.85. The van der Waals surface area contributed by atoms with E-state index in [1.807, 2.05) is 0 Å². The zero-order chi connectivity index (χ0) is 12.0. The summed E-state index contributed by atoms with van der Waals surface area (Å²) in [5, 5.41) is 2.72. The third-order valence-electron chi connectivity index (χ3n) is 1.85. The smallest absolute Gasteiger partial charge is 0.252 e. The van der Waals surface area contributed by atoms with E-state index in [1.165, 1.54) is 12.4 Å². The molecule has 1 atom stereocenters. The monoisotopic (exact) mass is 262 g/mol. The van der Waals surface area contributed by atoms with Crippen molar-refractivity contribution in [3.63, 3.8) is 0 Å². The molecule has 0 aliphatic heterocycles. The van der Waals surface area contributed by atoms with Crippen LogP contribution in [-0.4, -0.2) is 36.5 Å². The molecule has 1 rings (SSSR count).